The van der Waals surface area contributed by atoms with Crippen molar-refractivity contribution in [3.63, 3.8) is 0 Å². The zero-order valence-corrected chi connectivity index (χ0v) is 13.6. The van der Waals surface area contributed by atoms with E-state index in [2.05, 4.69) is 11.1 Å². The van der Waals surface area contributed by atoms with E-state index in [1.165, 1.54) is 0 Å². The van der Waals surface area contributed by atoms with Crippen LogP contribution in [0.1, 0.15) is 11.1 Å². The van der Waals surface area contributed by atoms with Gasteiger partial charge in [0.15, 0.2) is 0 Å². The zero-order chi connectivity index (χ0) is 15.4. The molecule has 0 aliphatic carbocycles. The first-order valence-electron chi connectivity index (χ1n) is 6.67. The maximum Gasteiger partial charge on any atom is 0.146 e. The van der Waals surface area contributed by atoms with Crippen LogP contribution in [0.4, 0.5) is 0 Å². The molecule has 1 aromatic heterocycles. The summed E-state index contributed by atoms with van der Waals surface area (Å²) < 4.78 is 7.76. The molecule has 0 atom stereocenters. The fourth-order valence-electron chi connectivity index (χ4n) is 2.08. The van der Waals surface area contributed by atoms with Gasteiger partial charge in [-0.05, 0) is 29.8 Å². The molecular formula is C17H13Cl2N3O. The monoisotopic (exact) mass is 345 g/mol. The molecule has 4 nitrogen and oxygen atoms in total. The Bertz CT molecular complexity index is 826. The fraction of sp³-hybridized carbons (Fsp3) is 0.0588. The van der Waals surface area contributed by atoms with Gasteiger partial charge in [0.1, 0.15) is 17.6 Å². The summed E-state index contributed by atoms with van der Waals surface area (Å²) in [5.41, 5.74) is 1.48. The molecule has 0 bridgehead atoms. The average molecular weight is 346 g/mol. The van der Waals surface area contributed by atoms with Crippen molar-refractivity contribution in [1.82, 2.24) is 9.55 Å². The van der Waals surface area contributed by atoms with Crippen LogP contribution in [0.5, 0.6) is 11.5 Å². The molecule has 0 fully saturated rings. The number of imidazole rings is 1. The molecule has 23 heavy (non-hydrogen) atoms. The van der Waals surface area contributed by atoms with Gasteiger partial charge in [-0.3, -0.25) is 0 Å². The maximum absolute atomic E-state index is 9.24. The lowest BCUT2D eigenvalue weighted by Gasteiger charge is -2.11. The Balaban J connectivity index is 0.00000192. The summed E-state index contributed by atoms with van der Waals surface area (Å²) in [5.74, 6) is 1.02. The van der Waals surface area contributed by atoms with Gasteiger partial charge in [0.25, 0.3) is 0 Å². The van der Waals surface area contributed by atoms with Crippen LogP contribution in [0.15, 0.2) is 61.2 Å². The third-order valence-corrected chi connectivity index (χ3v) is 3.46. The van der Waals surface area contributed by atoms with Gasteiger partial charge >= 0.3 is 0 Å². The van der Waals surface area contributed by atoms with E-state index in [1.54, 1.807) is 30.7 Å². The van der Waals surface area contributed by atoms with Crippen LogP contribution in [0.3, 0.4) is 0 Å². The van der Waals surface area contributed by atoms with Crippen LogP contribution in [0.25, 0.3) is 0 Å². The molecule has 0 unspecified atom stereocenters. The van der Waals surface area contributed by atoms with Gasteiger partial charge in [-0.25, -0.2) is 4.98 Å². The number of hydrogen-bond acceptors (Lipinski definition) is 3. The number of aromatic nitrogens is 2. The molecule has 0 saturated carbocycles. The second-order valence-corrected chi connectivity index (χ2v) is 5.12. The lowest BCUT2D eigenvalue weighted by atomic mass is 10.1. The maximum atomic E-state index is 9.24. The van der Waals surface area contributed by atoms with Gasteiger partial charge in [-0.2, -0.15) is 5.26 Å². The van der Waals surface area contributed by atoms with E-state index in [-0.39, 0.29) is 12.4 Å². The van der Waals surface area contributed by atoms with Crippen LogP contribution in [-0.2, 0) is 6.54 Å². The quantitative estimate of drug-likeness (QED) is 0.690. The molecule has 0 aliphatic heterocycles. The number of benzene rings is 2. The Morgan fingerprint density at radius 2 is 2.00 bits per heavy atom. The van der Waals surface area contributed by atoms with E-state index < -0.39 is 0 Å². The van der Waals surface area contributed by atoms with Gasteiger partial charge in [0.05, 0.1) is 16.9 Å². The average Bonchev–Trinajstić information content (AvgIpc) is 3.03. The molecule has 6 heteroatoms. The second-order valence-electron chi connectivity index (χ2n) is 4.71. The summed E-state index contributed by atoms with van der Waals surface area (Å²) in [6, 6.07) is 14.8. The van der Waals surface area contributed by atoms with Crippen LogP contribution < -0.4 is 4.74 Å². The van der Waals surface area contributed by atoms with E-state index in [0.717, 1.165) is 5.56 Å². The van der Waals surface area contributed by atoms with Gasteiger partial charge in [0, 0.05) is 18.9 Å². The number of halogens is 2. The Labute approximate surface area is 145 Å². The first-order chi connectivity index (χ1) is 10.8. The topological polar surface area (TPSA) is 50.8 Å². The van der Waals surface area contributed by atoms with Crippen molar-refractivity contribution in [2.24, 2.45) is 0 Å². The van der Waals surface area contributed by atoms with Crippen LogP contribution in [0.2, 0.25) is 5.02 Å². The number of nitrogens with zero attached hydrogens (tertiary/aromatic N) is 3. The molecule has 0 aliphatic rings. The zero-order valence-electron chi connectivity index (χ0n) is 12.0. The molecule has 0 spiro atoms. The summed E-state index contributed by atoms with van der Waals surface area (Å²) >= 11 is 6.10. The molecule has 0 saturated heterocycles. The van der Waals surface area contributed by atoms with Crippen molar-refractivity contribution >= 4 is 24.0 Å². The summed E-state index contributed by atoms with van der Waals surface area (Å²) in [7, 11) is 0. The van der Waals surface area contributed by atoms with Crippen molar-refractivity contribution in [1.29, 1.82) is 5.26 Å². The Kier molecular flexibility index (Phi) is 5.64. The summed E-state index contributed by atoms with van der Waals surface area (Å²) in [5, 5.41) is 9.74. The molecule has 3 rings (SSSR count). The van der Waals surface area contributed by atoms with E-state index in [0.29, 0.717) is 28.6 Å². The predicted molar refractivity (Wildman–Crippen MR) is 91.3 cm³/mol. The summed E-state index contributed by atoms with van der Waals surface area (Å²) in [6.07, 6.45) is 5.35. The first-order valence-corrected chi connectivity index (χ1v) is 7.05. The molecule has 3 aromatic rings. The standard InChI is InChI=1S/C17H12ClN3O.ClH/c18-15-3-1-2-4-16(15)22-17-9-13(5-6-14(17)10-19)11-21-8-7-20-12-21;/h1-9,12H,11H2;1H. The smallest absolute Gasteiger partial charge is 0.146 e. The third-order valence-electron chi connectivity index (χ3n) is 3.15. The number of nitriles is 1. The first kappa shape index (κ1) is 16.9. The summed E-state index contributed by atoms with van der Waals surface area (Å²) in [6.45, 7) is 0.657. The van der Waals surface area contributed by atoms with Gasteiger partial charge in [0.2, 0.25) is 0 Å². The Morgan fingerprint density at radius 3 is 2.70 bits per heavy atom. The normalized spacial score (nSPS) is 9.74. The lowest BCUT2D eigenvalue weighted by Crippen LogP contribution is -1.98. The minimum absolute atomic E-state index is 0. The van der Waals surface area contributed by atoms with E-state index >= 15 is 0 Å². The number of para-hydroxylation sites is 1. The van der Waals surface area contributed by atoms with E-state index in [9.17, 15) is 5.26 Å². The predicted octanol–water partition coefficient (Wildman–Crippen LogP) is 4.67. The van der Waals surface area contributed by atoms with Gasteiger partial charge in [-0.15, -0.1) is 12.4 Å². The van der Waals surface area contributed by atoms with Crippen molar-refractivity contribution < 1.29 is 4.74 Å². The molecule has 0 N–H and O–H groups in total. The fourth-order valence-corrected chi connectivity index (χ4v) is 2.25. The minimum Gasteiger partial charge on any atom is -0.454 e. The Hall–Kier alpha value is -2.48. The highest BCUT2D eigenvalue weighted by Gasteiger charge is 2.09. The lowest BCUT2D eigenvalue weighted by molar-refractivity contribution is 0.480. The molecule has 0 radical (unpaired) electrons. The highest BCUT2D eigenvalue weighted by molar-refractivity contribution is 6.32. The van der Waals surface area contributed by atoms with Gasteiger partial charge < -0.3 is 9.30 Å². The minimum atomic E-state index is 0. The van der Waals surface area contributed by atoms with Crippen molar-refractivity contribution in [3.8, 4) is 17.6 Å². The van der Waals surface area contributed by atoms with E-state index in [4.69, 9.17) is 16.3 Å². The van der Waals surface area contributed by atoms with Crippen LogP contribution in [0, 0.1) is 11.3 Å². The van der Waals surface area contributed by atoms with Crippen molar-refractivity contribution in [3.05, 3.63) is 77.3 Å². The van der Waals surface area contributed by atoms with E-state index in [1.807, 2.05) is 35.0 Å². The molecule has 1 heterocycles. The van der Waals surface area contributed by atoms with Crippen LogP contribution in [-0.4, -0.2) is 9.55 Å². The van der Waals surface area contributed by atoms with Crippen LogP contribution >= 0.6 is 24.0 Å². The summed E-state index contributed by atoms with van der Waals surface area (Å²) in [4.78, 5) is 4.02. The van der Waals surface area contributed by atoms with Gasteiger partial charge in [-0.1, -0.05) is 29.8 Å². The molecule has 0 amide bonds. The van der Waals surface area contributed by atoms with Crippen molar-refractivity contribution in [2.75, 3.05) is 0 Å². The second kappa shape index (κ2) is 7.68. The highest BCUT2D eigenvalue weighted by Crippen LogP contribution is 2.31. The number of hydrogen-bond donors (Lipinski definition) is 0. The molecule has 2 aromatic carbocycles. The third kappa shape index (κ3) is 4.04. The largest absolute Gasteiger partial charge is 0.454 e. The molecular weight excluding hydrogens is 333 g/mol. The number of ether oxygens (including phenoxy) is 1. The Morgan fingerprint density at radius 1 is 1.17 bits per heavy atom. The SMILES string of the molecule is Cl.N#Cc1ccc(Cn2ccnc2)cc1Oc1ccccc1Cl. The van der Waals surface area contributed by atoms with Crippen molar-refractivity contribution in [2.45, 2.75) is 6.54 Å². The number of rotatable bonds is 4. The highest BCUT2D eigenvalue weighted by atomic mass is 35.5. The molecule has 116 valence electrons.